The number of nitriles is 1. The van der Waals surface area contributed by atoms with Crippen molar-refractivity contribution in [1.29, 1.82) is 5.26 Å². The normalized spacial score (nSPS) is 19.3. The van der Waals surface area contributed by atoms with Gasteiger partial charge in [-0.2, -0.15) is 5.26 Å². The molecule has 2 aromatic carbocycles. The van der Waals surface area contributed by atoms with Gasteiger partial charge in [-0.05, 0) is 24.8 Å². The van der Waals surface area contributed by atoms with Gasteiger partial charge in [-0.3, -0.25) is 4.79 Å². The first-order chi connectivity index (χ1) is 12.8. The second-order valence-corrected chi connectivity index (χ2v) is 6.46. The summed E-state index contributed by atoms with van der Waals surface area (Å²) in [5.74, 6) is -0.131. The van der Waals surface area contributed by atoms with Crippen LogP contribution in [-0.4, -0.2) is 18.7 Å². The minimum atomic E-state index is -1.22. The van der Waals surface area contributed by atoms with E-state index >= 15 is 0 Å². The molecule has 2 unspecified atom stereocenters. The number of rotatable bonds is 7. The molecule has 26 heavy (non-hydrogen) atoms. The molecule has 134 valence electrons. The van der Waals surface area contributed by atoms with Gasteiger partial charge in [-0.15, -0.1) is 0 Å². The molecule has 0 spiro atoms. The zero-order chi connectivity index (χ0) is 18.2. The fourth-order valence-electron chi connectivity index (χ4n) is 3.36. The van der Waals surface area contributed by atoms with E-state index in [1.54, 1.807) is 12.1 Å². The first kappa shape index (κ1) is 18.3. The third kappa shape index (κ3) is 4.01. The van der Waals surface area contributed by atoms with Crippen molar-refractivity contribution in [3.63, 3.8) is 0 Å². The highest BCUT2D eigenvalue weighted by Gasteiger charge is 2.44. The maximum atomic E-state index is 13.6. The number of hydrogen-bond acceptors (Lipinski definition) is 4. The van der Waals surface area contributed by atoms with Crippen LogP contribution in [0.25, 0.3) is 0 Å². The van der Waals surface area contributed by atoms with Crippen LogP contribution in [0.2, 0.25) is 0 Å². The molecule has 3 rings (SSSR count). The molecule has 0 aromatic heterocycles. The van der Waals surface area contributed by atoms with Crippen molar-refractivity contribution in [2.24, 2.45) is 0 Å². The fraction of sp³-hybridized carbons (Fsp3) is 0.364. The Balaban J connectivity index is 2.04. The summed E-state index contributed by atoms with van der Waals surface area (Å²) in [4.78, 5) is 13.6. The van der Waals surface area contributed by atoms with E-state index in [-0.39, 0.29) is 12.2 Å². The van der Waals surface area contributed by atoms with Crippen LogP contribution < -0.4 is 0 Å². The van der Waals surface area contributed by atoms with Crippen LogP contribution in [0.1, 0.15) is 48.0 Å². The zero-order valence-corrected chi connectivity index (χ0v) is 14.8. The van der Waals surface area contributed by atoms with Crippen molar-refractivity contribution in [1.82, 2.24) is 0 Å². The lowest BCUT2D eigenvalue weighted by atomic mass is 9.82. The Morgan fingerprint density at radius 1 is 1.12 bits per heavy atom. The number of benzene rings is 2. The molecule has 4 heteroatoms. The van der Waals surface area contributed by atoms with Gasteiger partial charge in [-0.25, -0.2) is 0 Å². The number of nitrogens with zero attached hydrogens (tertiary/aromatic N) is 1. The van der Waals surface area contributed by atoms with Gasteiger partial charge in [0.25, 0.3) is 0 Å². The smallest absolute Gasteiger partial charge is 0.199 e. The third-order valence-electron chi connectivity index (χ3n) is 4.70. The van der Waals surface area contributed by atoms with Gasteiger partial charge >= 0.3 is 0 Å². The first-order valence-corrected chi connectivity index (χ1v) is 9.08. The summed E-state index contributed by atoms with van der Waals surface area (Å²) < 4.78 is 12.1. The highest BCUT2D eigenvalue weighted by atomic mass is 16.7. The quantitative estimate of drug-likeness (QED) is 0.685. The van der Waals surface area contributed by atoms with Crippen LogP contribution in [0.3, 0.4) is 0 Å². The molecule has 0 radical (unpaired) electrons. The molecule has 1 fully saturated rings. The Morgan fingerprint density at radius 2 is 1.81 bits per heavy atom. The van der Waals surface area contributed by atoms with Crippen LogP contribution in [0.4, 0.5) is 0 Å². The summed E-state index contributed by atoms with van der Waals surface area (Å²) in [5, 5.41) is 9.19. The SMILES string of the molecule is N#CCCC(OC1CCCCO1)(C(=O)c1ccccc1)c1ccccc1. The molecule has 4 nitrogen and oxygen atoms in total. The van der Waals surface area contributed by atoms with Crippen molar-refractivity contribution in [2.75, 3.05) is 6.61 Å². The largest absolute Gasteiger partial charge is 0.353 e. The van der Waals surface area contributed by atoms with Crippen LogP contribution in [0.15, 0.2) is 60.7 Å². The molecule has 2 aromatic rings. The molecule has 0 bridgehead atoms. The average Bonchev–Trinajstić information content (AvgIpc) is 2.72. The van der Waals surface area contributed by atoms with Crippen molar-refractivity contribution in [3.05, 3.63) is 71.8 Å². The highest BCUT2D eigenvalue weighted by molar-refractivity contribution is 6.03. The van der Waals surface area contributed by atoms with Gasteiger partial charge in [0.05, 0.1) is 6.07 Å². The molecule has 0 N–H and O–H groups in total. The van der Waals surface area contributed by atoms with E-state index in [1.807, 2.05) is 48.5 Å². The Hall–Kier alpha value is -2.48. The van der Waals surface area contributed by atoms with Gasteiger partial charge in [0, 0.05) is 25.0 Å². The molecule has 0 aliphatic carbocycles. The molecular weight excluding hydrogens is 326 g/mol. The third-order valence-corrected chi connectivity index (χ3v) is 4.70. The van der Waals surface area contributed by atoms with E-state index in [0.717, 1.165) is 24.8 Å². The van der Waals surface area contributed by atoms with E-state index in [1.165, 1.54) is 0 Å². The molecule has 0 saturated carbocycles. The average molecular weight is 349 g/mol. The Labute approximate surface area is 154 Å². The maximum absolute atomic E-state index is 13.6. The summed E-state index contributed by atoms with van der Waals surface area (Å²) >= 11 is 0. The van der Waals surface area contributed by atoms with E-state index < -0.39 is 11.9 Å². The minimum Gasteiger partial charge on any atom is -0.353 e. The molecule has 1 aliphatic rings. The standard InChI is InChI=1S/C22H23NO3/c23-16-9-15-22(19-12-5-2-6-13-19,26-20-14-7-8-17-25-20)21(24)18-10-3-1-4-11-18/h1-6,10-13,20H,7-9,14-15,17H2. The number of ether oxygens (including phenoxy) is 2. The molecule has 1 heterocycles. The summed E-state index contributed by atoms with van der Waals surface area (Å²) in [6.45, 7) is 0.632. The summed E-state index contributed by atoms with van der Waals surface area (Å²) in [5.41, 5.74) is 0.115. The van der Waals surface area contributed by atoms with Crippen LogP contribution in [-0.2, 0) is 15.1 Å². The Kier molecular flexibility index (Phi) is 6.17. The van der Waals surface area contributed by atoms with E-state index in [4.69, 9.17) is 9.47 Å². The zero-order valence-electron chi connectivity index (χ0n) is 14.8. The molecule has 0 amide bonds. The summed E-state index contributed by atoms with van der Waals surface area (Å²) in [6.07, 6.45) is 2.84. The molecule has 2 atom stereocenters. The van der Waals surface area contributed by atoms with E-state index in [2.05, 4.69) is 6.07 Å². The summed E-state index contributed by atoms with van der Waals surface area (Å²) in [6, 6.07) is 20.8. The van der Waals surface area contributed by atoms with Crippen molar-refractivity contribution >= 4 is 5.78 Å². The Bertz CT molecular complexity index is 748. The van der Waals surface area contributed by atoms with Crippen LogP contribution in [0, 0.1) is 11.3 Å². The predicted molar refractivity (Wildman–Crippen MR) is 98.4 cm³/mol. The van der Waals surface area contributed by atoms with Crippen molar-refractivity contribution in [2.45, 2.75) is 44.0 Å². The van der Waals surface area contributed by atoms with E-state index in [0.29, 0.717) is 18.6 Å². The first-order valence-electron chi connectivity index (χ1n) is 9.08. The highest BCUT2D eigenvalue weighted by Crippen LogP contribution is 2.37. The Morgan fingerprint density at radius 3 is 2.42 bits per heavy atom. The van der Waals surface area contributed by atoms with Gasteiger partial charge in [-0.1, -0.05) is 60.7 Å². The number of carbonyl (C=O) groups excluding carboxylic acids is 1. The second kappa shape index (κ2) is 8.75. The van der Waals surface area contributed by atoms with Gasteiger partial charge in [0.15, 0.2) is 17.7 Å². The lowest BCUT2D eigenvalue weighted by Crippen LogP contribution is -2.43. The lowest BCUT2D eigenvalue weighted by molar-refractivity contribution is -0.215. The maximum Gasteiger partial charge on any atom is 0.199 e. The lowest BCUT2D eigenvalue weighted by Gasteiger charge is -2.37. The fourth-order valence-corrected chi connectivity index (χ4v) is 3.36. The monoisotopic (exact) mass is 349 g/mol. The molecule has 1 saturated heterocycles. The van der Waals surface area contributed by atoms with Gasteiger partial charge < -0.3 is 9.47 Å². The van der Waals surface area contributed by atoms with Crippen LogP contribution >= 0.6 is 0 Å². The predicted octanol–water partition coefficient (Wildman–Crippen LogP) is 4.61. The number of hydrogen-bond donors (Lipinski definition) is 0. The number of Topliss-reactive ketones (excluding diaryl/α,β-unsaturated/α-hetero) is 1. The topological polar surface area (TPSA) is 59.3 Å². The van der Waals surface area contributed by atoms with Crippen LogP contribution in [0.5, 0.6) is 0 Å². The second-order valence-electron chi connectivity index (χ2n) is 6.46. The molecule has 1 aliphatic heterocycles. The minimum absolute atomic E-state index is 0.131. The van der Waals surface area contributed by atoms with Gasteiger partial charge in [0.1, 0.15) is 0 Å². The molecular formula is C22H23NO3. The van der Waals surface area contributed by atoms with Gasteiger partial charge in [0.2, 0.25) is 0 Å². The number of ketones is 1. The van der Waals surface area contributed by atoms with Crippen molar-refractivity contribution < 1.29 is 14.3 Å². The van der Waals surface area contributed by atoms with Crippen molar-refractivity contribution in [3.8, 4) is 6.07 Å². The van der Waals surface area contributed by atoms with E-state index in [9.17, 15) is 10.1 Å². The summed E-state index contributed by atoms with van der Waals surface area (Å²) in [7, 11) is 0. The number of carbonyl (C=O) groups is 1.